The predicted molar refractivity (Wildman–Crippen MR) is 84.7 cm³/mol. The third kappa shape index (κ3) is 2.82. The van der Waals surface area contributed by atoms with Gasteiger partial charge in [-0.05, 0) is 29.7 Å². The van der Waals surface area contributed by atoms with E-state index in [0.717, 1.165) is 16.2 Å². The van der Waals surface area contributed by atoms with Crippen LogP contribution in [0.1, 0.15) is 4.88 Å². The number of nitro groups is 1. The Bertz CT molecular complexity index is 859. The van der Waals surface area contributed by atoms with E-state index in [1.54, 1.807) is 6.07 Å². The van der Waals surface area contributed by atoms with Crippen LogP contribution >= 0.6 is 34.9 Å². The second-order valence-electron chi connectivity index (χ2n) is 3.82. The van der Waals surface area contributed by atoms with Crippen LogP contribution in [0.5, 0.6) is 0 Å². The van der Waals surface area contributed by atoms with Gasteiger partial charge in [0, 0.05) is 6.07 Å². The van der Waals surface area contributed by atoms with E-state index in [9.17, 15) is 10.1 Å². The van der Waals surface area contributed by atoms with E-state index < -0.39 is 4.92 Å². The standard InChI is InChI=1S/C11H7N5O2S3/c17-16(18)9-4-3-7(21-9)6-12-15-10(13-14-11(15)19)8-2-1-5-20-8/h1-6H,(H,14,19)/b12-6+. The summed E-state index contributed by atoms with van der Waals surface area (Å²) in [6.45, 7) is 0. The van der Waals surface area contributed by atoms with E-state index in [1.165, 1.54) is 28.3 Å². The molecule has 0 bridgehead atoms. The van der Waals surface area contributed by atoms with E-state index in [1.807, 2.05) is 17.5 Å². The topological polar surface area (TPSA) is 89.1 Å². The van der Waals surface area contributed by atoms with E-state index >= 15 is 0 Å². The maximum absolute atomic E-state index is 10.6. The molecule has 21 heavy (non-hydrogen) atoms. The van der Waals surface area contributed by atoms with Crippen LogP contribution in [-0.4, -0.2) is 26.0 Å². The molecule has 0 saturated carbocycles. The van der Waals surface area contributed by atoms with Gasteiger partial charge in [-0.3, -0.25) is 10.1 Å². The van der Waals surface area contributed by atoms with Crippen molar-refractivity contribution in [3.63, 3.8) is 0 Å². The SMILES string of the molecule is O=[N+]([O-])c1ccc(/C=N/n2c(-c3cccs3)n[nH]c2=S)s1. The van der Waals surface area contributed by atoms with Crippen LogP contribution in [0.25, 0.3) is 10.7 Å². The minimum absolute atomic E-state index is 0.0747. The summed E-state index contributed by atoms with van der Waals surface area (Å²) in [5.41, 5.74) is 0. The summed E-state index contributed by atoms with van der Waals surface area (Å²) < 4.78 is 1.85. The number of hydrogen-bond acceptors (Lipinski definition) is 7. The average Bonchev–Trinajstić information content (AvgIpc) is 3.17. The first-order valence-corrected chi connectivity index (χ1v) is 7.75. The molecule has 3 aromatic heterocycles. The number of hydrogen-bond donors (Lipinski definition) is 1. The molecule has 0 atom stereocenters. The van der Waals surface area contributed by atoms with Crippen molar-refractivity contribution in [3.8, 4) is 10.7 Å². The summed E-state index contributed by atoms with van der Waals surface area (Å²) >= 11 is 7.71. The fourth-order valence-corrected chi connectivity index (χ4v) is 3.15. The van der Waals surface area contributed by atoms with Gasteiger partial charge >= 0.3 is 5.00 Å². The van der Waals surface area contributed by atoms with Gasteiger partial charge in [0.05, 0.1) is 20.9 Å². The highest BCUT2D eigenvalue weighted by atomic mass is 32.1. The Kier molecular flexibility index (Phi) is 3.73. The van der Waals surface area contributed by atoms with Gasteiger partial charge in [-0.2, -0.15) is 14.9 Å². The van der Waals surface area contributed by atoms with Gasteiger partial charge in [-0.25, -0.2) is 5.10 Å². The van der Waals surface area contributed by atoms with Crippen molar-refractivity contribution in [1.82, 2.24) is 14.9 Å². The Balaban J connectivity index is 1.94. The van der Waals surface area contributed by atoms with Gasteiger partial charge in [0.15, 0.2) is 5.82 Å². The highest BCUT2D eigenvalue weighted by Crippen LogP contribution is 2.24. The van der Waals surface area contributed by atoms with Crippen LogP contribution < -0.4 is 0 Å². The second kappa shape index (κ2) is 5.68. The molecule has 3 aromatic rings. The van der Waals surface area contributed by atoms with E-state index in [0.29, 0.717) is 15.5 Å². The molecule has 3 heterocycles. The smallest absolute Gasteiger partial charge is 0.258 e. The highest BCUT2D eigenvalue weighted by molar-refractivity contribution is 7.71. The summed E-state index contributed by atoms with van der Waals surface area (Å²) in [5, 5.41) is 23.7. The summed E-state index contributed by atoms with van der Waals surface area (Å²) in [4.78, 5) is 11.8. The number of nitrogens with zero attached hydrogens (tertiary/aromatic N) is 4. The maximum atomic E-state index is 10.6. The van der Waals surface area contributed by atoms with Gasteiger partial charge < -0.3 is 0 Å². The molecule has 10 heteroatoms. The second-order valence-corrected chi connectivity index (χ2v) is 6.25. The minimum atomic E-state index is -0.428. The van der Waals surface area contributed by atoms with E-state index in [2.05, 4.69) is 15.3 Å². The van der Waals surface area contributed by atoms with Crippen molar-refractivity contribution in [1.29, 1.82) is 0 Å². The summed E-state index contributed by atoms with van der Waals surface area (Å²) in [5.74, 6) is 0.609. The molecule has 0 saturated heterocycles. The van der Waals surface area contributed by atoms with E-state index in [-0.39, 0.29) is 5.00 Å². The Hall–Kier alpha value is -2.17. The molecule has 0 aliphatic heterocycles. The summed E-state index contributed by atoms with van der Waals surface area (Å²) in [7, 11) is 0. The minimum Gasteiger partial charge on any atom is -0.258 e. The number of aromatic nitrogens is 3. The number of aromatic amines is 1. The molecule has 7 nitrogen and oxygen atoms in total. The quantitative estimate of drug-likeness (QED) is 0.341. The molecular weight excluding hydrogens is 330 g/mol. The fourth-order valence-electron chi connectivity index (χ4n) is 1.59. The molecule has 0 fully saturated rings. The molecule has 0 aliphatic carbocycles. The lowest BCUT2D eigenvalue weighted by Crippen LogP contribution is -1.92. The van der Waals surface area contributed by atoms with Gasteiger partial charge in [0.2, 0.25) is 4.77 Å². The largest absolute Gasteiger partial charge is 0.324 e. The molecule has 3 rings (SSSR count). The Morgan fingerprint density at radius 1 is 1.48 bits per heavy atom. The Labute approximate surface area is 131 Å². The highest BCUT2D eigenvalue weighted by Gasteiger charge is 2.10. The average molecular weight is 337 g/mol. The molecule has 0 aromatic carbocycles. The van der Waals surface area contributed by atoms with Crippen molar-refractivity contribution in [2.75, 3.05) is 0 Å². The van der Waals surface area contributed by atoms with Crippen molar-refractivity contribution in [3.05, 3.63) is 49.4 Å². The monoisotopic (exact) mass is 337 g/mol. The molecule has 0 amide bonds. The Morgan fingerprint density at radius 3 is 3.00 bits per heavy atom. The van der Waals surface area contributed by atoms with Crippen LogP contribution in [-0.2, 0) is 0 Å². The molecule has 0 radical (unpaired) electrons. The van der Waals surface area contributed by atoms with Crippen LogP contribution in [0.3, 0.4) is 0 Å². The zero-order chi connectivity index (χ0) is 14.8. The van der Waals surface area contributed by atoms with Crippen LogP contribution in [0.15, 0.2) is 34.7 Å². The molecule has 0 unspecified atom stereocenters. The number of nitrogens with one attached hydrogen (secondary N) is 1. The molecule has 1 N–H and O–H groups in total. The third-order valence-electron chi connectivity index (χ3n) is 2.48. The van der Waals surface area contributed by atoms with Gasteiger partial charge in [-0.1, -0.05) is 17.4 Å². The van der Waals surface area contributed by atoms with Crippen LogP contribution in [0.4, 0.5) is 5.00 Å². The Morgan fingerprint density at radius 2 is 2.33 bits per heavy atom. The van der Waals surface area contributed by atoms with E-state index in [4.69, 9.17) is 12.2 Å². The van der Waals surface area contributed by atoms with Crippen molar-refractivity contribution < 1.29 is 4.92 Å². The molecular formula is C11H7N5O2S3. The van der Waals surface area contributed by atoms with Crippen LogP contribution in [0, 0.1) is 14.9 Å². The number of H-pyrrole nitrogens is 1. The lowest BCUT2D eigenvalue weighted by Gasteiger charge is -1.96. The first-order valence-electron chi connectivity index (χ1n) is 5.65. The lowest BCUT2D eigenvalue weighted by molar-refractivity contribution is -0.380. The maximum Gasteiger partial charge on any atom is 0.324 e. The zero-order valence-corrected chi connectivity index (χ0v) is 12.7. The number of rotatable bonds is 4. The van der Waals surface area contributed by atoms with Crippen molar-refractivity contribution in [2.45, 2.75) is 0 Å². The van der Waals surface area contributed by atoms with Crippen LogP contribution in [0.2, 0.25) is 0 Å². The van der Waals surface area contributed by atoms with Gasteiger partial charge in [-0.15, -0.1) is 11.3 Å². The number of thiophene rings is 2. The van der Waals surface area contributed by atoms with Crippen molar-refractivity contribution >= 4 is 46.1 Å². The van der Waals surface area contributed by atoms with Gasteiger partial charge in [0.25, 0.3) is 0 Å². The lowest BCUT2D eigenvalue weighted by atomic mass is 10.4. The zero-order valence-electron chi connectivity index (χ0n) is 10.3. The molecule has 0 aliphatic rings. The molecule has 106 valence electrons. The summed E-state index contributed by atoms with van der Waals surface area (Å²) in [6.07, 6.45) is 1.53. The first kappa shape index (κ1) is 13.8. The predicted octanol–water partition coefficient (Wildman–Crippen LogP) is 3.52. The summed E-state index contributed by atoms with van der Waals surface area (Å²) in [6, 6.07) is 6.91. The molecule has 0 spiro atoms. The third-order valence-corrected chi connectivity index (χ3v) is 4.59. The fraction of sp³-hybridized carbons (Fsp3) is 0. The van der Waals surface area contributed by atoms with Gasteiger partial charge in [0.1, 0.15) is 0 Å². The first-order chi connectivity index (χ1) is 10.1. The van der Waals surface area contributed by atoms with Crippen molar-refractivity contribution in [2.24, 2.45) is 5.10 Å². The normalized spacial score (nSPS) is 11.2.